The molecule has 4 aromatic carbocycles. The molecule has 3 nitrogen and oxygen atoms in total. The molecule has 0 heterocycles. The molecule has 0 aliphatic carbocycles. The summed E-state index contributed by atoms with van der Waals surface area (Å²) in [5, 5.41) is 0. The van der Waals surface area contributed by atoms with Gasteiger partial charge in [0.1, 0.15) is 0 Å². The van der Waals surface area contributed by atoms with E-state index in [0.717, 1.165) is 43.4 Å². The van der Waals surface area contributed by atoms with Gasteiger partial charge in [0.25, 0.3) is 0 Å². The van der Waals surface area contributed by atoms with Crippen molar-refractivity contribution < 1.29 is 23.1 Å². The quantitative estimate of drug-likeness (QED) is 0.200. The summed E-state index contributed by atoms with van der Waals surface area (Å²) in [6.07, 6.45) is 4.12. The molecule has 0 fully saturated rings. The van der Waals surface area contributed by atoms with Crippen LogP contribution in [-0.4, -0.2) is 9.79 Å². The zero-order valence-electron chi connectivity index (χ0n) is 20.5. The van der Waals surface area contributed by atoms with Crippen LogP contribution in [0.4, 0.5) is 8.78 Å². The smallest absolute Gasteiger partial charge is 0.320 e. The molecule has 37 heavy (non-hydrogen) atoms. The Morgan fingerprint density at radius 3 is 1.57 bits per heavy atom. The molecule has 4 rings (SSSR count). The summed E-state index contributed by atoms with van der Waals surface area (Å²) in [5.41, 5.74) is -0.723. The maximum atomic E-state index is 14.2. The summed E-state index contributed by atoms with van der Waals surface area (Å²) in [5.74, 6) is 0. The Bertz CT molecular complexity index is 1310. The van der Waals surface area contributed by atoms with Crippen LogP contribution in [0.1, 0.15) is 40.7 Å². The first-order chi connectivity index (χ1) is 17.7. The highest BCUT2D eigenvalue weighted by molar-refractivity contribution is 7.52. The molecule has 192 valence electrons. The molecule has 0 radical (unpaired) electrons. The largest absolute Gasteiger partial charge is 0.399 e. The van der Waals surface area contributed by atoms with Crippen molar-refractivity contribution in [2.24, 2.45) is 0 Å². The Morgan fingerprint density at radius 1 is 0.595 bits per heavy atom. The van der Waals surface area contributed by atoms with Crippen molar-refractivity contribution >= 4 is 7.60 Å². The third kappa shape index (κ3) is 6.61. The monoisotopic (exact) mass is 520 g/mol. The minimum absolute atomic E-state index is 0.301. The number of hydrogen-bond acceptors (Lipinski definition) is 1. The van der Waals surface area contributed by atoms with Crippen molar-refractivity contribution in [3.8, 4) is 0 Å². The van der Waals surface area contributed by atoms with Crippen LogP contribution in [-0.2, 0) is 34.9 Å². The van der Waals surface area contributed by atoms with E-state index in [1.807, 2.05) is 54.6 Å². The summed E-state index contributed by atoms with van der Waals surface area (Å²) in [6, 6.07) is 36.3. The van der Waals surface area contributed by atoms with E-state index in [0.29, 0.717) is 6.42 Å². The second-order valence-electron chi connectivity index (χ2n) is 9.61. The maximum Gasteiger partial charge on any atom is 0.399 e. The Hall–Kier alpha value is -3.11. The van der Waals surface area contributed by atoms with Gasteiger partial charge in [-0.05, 0) is 54.4 Å². The van der Waals surface area contributed by atoms with E-state index in [9.17, 15) is 13.3 Å². The van der Waals surface area contributed by atoms with Gasteiger partial charge in [-0.2, -0.15) is 8.78 Å². The lowest BCUT2D eigenvalue weighted by atomic mass is 9.68. The first-order valence-corrected chi connectivity index (χ1v) is 14.0. The van der Waals surface area contributed by atoms with Crippen molar-refractivity contribution in [3.63, 3.8) is 0 Å². The van der Waals surface area contributed by atoms with Crippen molar-refractivity contribution in [2.75, 3.05) is 0 Å². The van der Waals surface area contributed by atoms with Gasteiger partial charge >= 0.3 is 13.3 Å². The van der Waals surface area contributed by atoms with Crippen LogP contribution in [0.5, 0.6) is 0 Å². The highest BCUT2D eigenvalue weighted by Crippen LogP contribution is 2.59. The SMILES string of the molecule is O=P(O)(O)C(F)(F)c1ccc(CC(CCCc2ccccc2)(Cc2ccccc2)c2ccccc2)cc1. The Balaban J connectivity index is 1.69. The lowest BCUT2D eigenvalue weighted by Crippen LogP contribution is -2.32. The van der Waals surface area contributed by atoms with Gasteiger partial charge < -0.3 is 9.79 Å². The summed E-state index contributed by atoms with van der Waals surface area (Å²) in [4.78, 5) is 18.2. The van der Waals surface area contributed by atoms with Crippen LogP contribution in [0, 0.1) is 0 Å². The van der Waals surface area contributed by atoms with Gasteiger partial charge in [0.05, 0.1) is 0 Å². The van der Waals surface area contributed by atoms with E-state index in [-0.39, 0.29) is 5.41 Å². The van der Waals surface area contributed by atoms with E-state index in [2.05, 4.69) is 36.4 Å². The summed E-state index contributed by atoms with van der Waals surface area (Å²) >= 11 is 0. The number of aryl methyl sites for hydroxylation is 1. The normalized spacial score (nSPS) is 13.7. The molecular formula is C31H31F2O3P. The first-order valence-electron chi connectivity index (χ1n) is 12.4. The Kier molecular flexibility index (Phi) is 8.39. The highest BCUT2D eigenvalue weighted by atomic mass is 31.2. The van der Waals surface area contributed by atoms with Gasteiger partial charge in [-0.25, -0.2) is 0 Å². The van der Waals surface area contributed by atoms with E-state index in [4.69, 9.17) is 9.79 Å². The van der Waals surface area contributed by atoms with Crippen molar-refractivity contribution in [1.29, 1.82) is 0 Å². The number of hydrogen-bond donors (Lipinski definition) is 2. The lowest BCUT2D eigenvalue weighted by molar-refractivity contribution is 0.0564. The zero-order valence-corrected chi connectivity index (χ0v) is 21.4. The number of benzene rings is 4. The Labute approximate surface area is 217 Å². The van der Waals surface area contributed by atoms with Crippen LogP contribution in [0.25, 0.3) is 0 Å². The third-order valence-corrected chi connectivity index (χ3v) is 7.93. The van der Waals surface area contributed by atoms with Crippen LogP contribution in [0.15, 0.2) is 115 Å². The minimum atomic E-state index is -5.62. The predicted octanol–water partition coefficient (Wildman–Crippen LogP) is 7.66. The molecular weight excluding hydrogens is 489 g/mol. The summed E-state index contributed by atoms with van der Waals surface area (Å²) in [6.45, 7) is 0. The van der Waals surface area contributed by atoms with E-state index < -0.39 is 18.8 Å². The molecule has 1 atom stereocenters. The average molecular weight is 521 g/mol. The number of rotatable bonds is 11. The molecule has 0 aliphatic rings. The average Bonchev–Trinajstić information content (AvgIpc) is 2.90. The van der Waals surface area contributed by atoms with Crippen LogP contribution >= 0.6 is 7.60 Å². The van der Waals surface area contributed by atoms with E-state index in [1.54, 1.807) is 12.1 Å². The van der Waals surface area contributed by atoms with Gasteiger partial charge in [-0.15, -0.1) is 0 Å². The van der Waals surface area contributed by atoms with Crippen LogP contribution in [0.3, 0.4) is 0 Å². The molecule has 0 bridgehead atoms. The molecule has 1 unspecified atom stereocenters. The van der Waals surface area contributed by atoms with Crippen LogP contribution < -0.4 is 0 Å². The van der Waals surface area contributed by atoms with Crippen LogP contribution in [0.2, 0.25) is 0 Å². The maximum absolute atomic E-state index is 14.2. The Morgan fingerprint density at radius 2 is 1.05 bits per heavy atom. The molecule has 6 heteroatoms. The molecule has 0 saturated heterocycles. The fraction of sp³-hybridized carbons (Fsp3) is 0.226. The fourth-order valence-corrected chi connectivity index (χ4v) is 5.51. The third-order valence-electron chi connectivity index (χ3n) is 6.94. The van der Waals surface area contributed by atoms with E-state index in [1.165, 1.54) is 16.7 Å². The lowest BCUT2D eigenvalue weighted by Gasteiger charge is -2.36. The highest BCUT2D eigenvalue weighted by Gasteiger charge is 2.50. The van der Waals surface area contributed by atoms with Crippen molar-refractivity contribution in [2.45, 2.75) is 43.2 Å². The molecule has 0 aliphatic heterocycles. The van der Waals surface area contributed by atoms with Gasteiger partial charge in [0.2, 0.25) is 0 Å². The van der Waals surface area contributed by atoms with Gasteiger partial charge in [0, 0.05) is 11.0 Å². The first kappa shape index (κ1) is 26.9. The fourth-order valence-electron chi connectivity index (χ4n) is 5.02. The van der Waals surface area contributed by atoms with Gasteiger partial charge in [-0.3, -0.25) is 4.57 Å². The van der Waals surface area contributed by atoms with Gasteiger partial charge in [-0.1, -0.05) is 115 Å². The standard InChI is InChI=1S/C31H31F2O3P/c32-31(33,37(34,35)36)29-20-18-27(19-21-29)24-30(28-16-8-3-9-17-28,23-26-13-6-2-7-14-26)22-10-15-25-11-4-1-5-12-25/h1-9,11-14,16-21H,10,15,22-24H2,(H2,34,35,36). The zero-order chi connectivity index (χ0) is 26.4. The molecule has 2 N–H and O–H groups in total. The summed E-state index contributed by atoms with van der Waals surface area (Å²) in [7, 11) is -5.62. The molecule has 0 spiro atoms. The summed E-state index contributed by atoms with van der Waals surface area (Å²) < 4.78 is 39.8. The topological polar surface area (TPSA) is 57.5 Å². The van der Waals surface area contributed by atoms with Crippen molar-refractivity contribution in [3.05, 3.63) is 143 Å². The van der Waals surface area contributed by atoms with Gasteiger partial charge in [0.15, 0.2) is 0 Å². The second kappa shape index (κ2) is 11.5. The molecule has 0 aromatic heterocycles. The second-order valence-corrected chi connectivity index (χ2v) is 11.3. The molecule has 0 amide bonds. The predicted molar refractivity (Wildman–Crippen MR) is 144 cm³/mol. The van der Waals surface area contributed by atoms with E-state index >= 15 is 0 Å². The molecule has 4 aromatic rings. The minimum Gasteiger partial charge on any atom is -0.320 e. The number of alkyl halides is 2. The molecule has 0 saturated carbocycles. The number of halogens is 2. The van der Waals surface area contributed by atoms with Crippen molar-refractivity contribution in [1.82, 2.24) is 0 Å².